The maximum atomic E-state index is 13.1. The van der Waals surface area contributed by atoms with Crippen LogP contribution in [0.25, 0.3) is 0 Å². The van der Waals surface area contributed by atoms with E-state index >= 15 is 0 Å². The number of hydrogen-bond acceptors (Lipinski definition) is 4. The molecule has 4 N–H and O–H groups in total. The number of nitrogens with two attached hydrogens (primary N) is 1. The lowest BCUT2D eigenvalue weighted by Gasteiger charge is -2.27. The van der Waals surface area contributed by atoms with Crippen LogP contribution in [0, 0.1) is 11.8 Å². The van der Waals surface area contributed by atoms with E-state index in [4.69, 9.17) is 5.73 Å². The van der Waals surface area contributed by atoms with Gasteiger partial charge in [-0.3, -0.25) is 4.79 Å². The maximum Gasteiger partial charge on any atom is 0.253 e. The average Bonchev–Trinajstić information content (AvgIpc) is 3.24. The quantitative estimate of drug-likeness (QED) is 0.721. The average molecular weight is 357 g/mol. The second-order valence-electron chi connectivity index (χ2n) is 8.37. The molecule has 5 heteroatoms. The summed E-state index contributed by atoms with van der Waals surface area (Å²) in [5.74, 6) is 1.62. The molecule has 26 heavy (non-hydrogen) atoms. The summed E-state index contributed by atoms with van der Waals surface area (Å²) in [5.41, 5.74) is 9.54. The molecule has 5 nitrogen and oxygen atoms in total. The van der Waals surface area contributed by atoms with Crippen molar-refractivity contribution in [1.82, 2.24) is 5.32 Å². The SMILES string of the molecule is CNc1cc(N2CC3CCCC3C2)c(C(=O)NC2CCCCC2)cc1N. The number of fused-ring (bicyclic) bond motifs is 1. The number of benzene rings is 1. The molecule has 1 aromatic rings. The molecule has 1 amide bonds. The zero-order chi connectivity index (χ0) is 18.1. The molecule has 4 rings (SSSR count). The zero-order valence-electron chi connectivity index (χ0n) is 15.9. The third-order valence-electron chi connectivity index (χ3n) is 6.69. The van der Waals surface area contributed by atoms with Crippen LogP contribution in [0.4, 0.5) is 17.1 Å². The summed E-state index contributed by atoms with van der Waals surface area (Å²) in [7, 11) is 1.88. The Morgan fingerprint density at radius 3 is 2.38 bits per heavy atom. The second kappa shape index (κ2) is 7.37. The molecule has 1 heterocycles. The Labute approximate surface area is 156 Å². The first-order valence-electron chi connectivity index (χ1n) is 10.3. The van der Waals surface area contributed by atoms with Crippen molar-refractivity contribution in [3.05, 3.63) is 17.7 Å². The van der Waals surface area contributed by atoms with E-state index in [1.165, 1.54) is 38.5 Å². The van der Waals surface area contributed by atoms with Crippen LogP contribution >= 0.6 is 0 Å². The molecule has 1 aliphatic heterocycles. The first kappa shape index (κ1) is 17.5. The Bertz CT molecular complexity index is 656. The van der Waals surface area contributed by atoms with Crippen LogP contribution < -0.4 is 21.3 Å². The van der Waals surface area contributed by atoms with Crippen molar-refractivity contribution in [2.45, 2.75) is 57.4 Å². The Morgan fingerprint density at radius 1 is 1.04 bits per heavy atom. The van der Waals surface area contributed by atoms with Gasteiger partial charge in [0.15, 0.2) is 0 Å². The summed E-state index contributed by atoms with van der Waals surface area (Å²) in [6.45, 7) is 2.14. The number of hydrogen-bond donors (Lipinski definition) is 3. The lowest BCUT2D eigenvalue weighted by atomic mass is 9.95. The molecule has 142 valence electrons. The van der Waals surface area contributed by atoms with Crippen LogP contribution in [0.3, 0.4) is 0 Å². The van der Waals surface area contributed by atoms with E-state index in [1.54, 1.807) is 0 Å². The van der Waals surface area contributed by atoms with Gasteiger partial charge in [-0.15, -0.1) is 0 Å². The van der Waals surface area contributed by atoms with E-state index in [2.05, 4.69) is 21.6 Å². The van der Waals surface area contributed by atoms with Crippen LogP contribution in [0.5, 0.6) is 0 Å². The molecule has 3 aliphatic rings. The Morgan fingerprint density at radius 2 is 1.73 bits per heavy atom. The van der Waals surface area contributed by atoms with Gasteiger partial charge in [0.25, 0.3) is 5.91 Å². The van der Waals surface area contributed by atoms with Crippen molar-refractivity contribution in [3.8, 4) is 0 Å². The standard InChI is InChI=1S/C21H32N4O/c1-23-19-11-20(25-12-14-6-5-7-15(14)13-25)17(10-18(19)22)21(26)24-16-8-3-2-4-9-16/h10-11,14-16,23H,2-9,12-13,22H2,1H3,(H,24,26). The predicted octanol–water partition coefficient (Wildman–Crippen LogP) is 3.61. The van der Waals surface area contributed by atoms with Crippen molar-refractivity contribution in [3.63, 3.8) is 0 Å². The highest BCUT2D eigenvalue weighted by Crippen LogP contribution is 2.41. The molecular weight excluding hydrogens is 324 g/mol. The number of carbonyl (C=O) groups is 1. The normalized spacial score (nSPS) is 26.0. The number of anilines is 3. The van der Waals surface area contributed by atoms with Crippen LogP contribution in [0.1, 0.15) is 61.7 Å². The molecule has 0 bridgehead atoms. The minimum Gasteiger partial charge on any atom is -0.397 e. The molecule has 2 saturated carbocycles. The smallest absolute Gasteiger partial charge is 0.253 e. The summed E-state index contributed by atoms with van der Waals surface area (Å²) >= 11 is 0. The van der Waals surface area contributed by atoms with E-state index in [1.807, 2.05) is 13.1 Å². The first-order chi connectivity index (χ1) is 12.7. The van der Waals surface area contributed by atoms with Gasteiger partial charge in [0.2, 0.25) is 0 Å². The number of nitrogens with one attached hydrogen (secondary N) is 2. The van der Waals surface area contributed by atoms with Crippen molar-refractivity contribution in [2.75, 3.05) is 36.1 Å². The predicted molar refractivity (Wildman–Crippen MR) is 108 cm³/mol. The van der Waals surface area contributed by atoms with Gasteiger partial charge in [-0.25, -0.2) is 0 Å². The van der Waals surface area contributed by atoms with Crippen molar-refractivity contribution < 1.29 is 4.79 Å². The largest absolute Gasteiger partial charge is 0.397 e. The lowest BCUT2D eigenvalue weighted by Crippen LogP contribution is -2.37. The molecule has 1 aromatic carbocycles. The molecule has 2 aliphatic carbocycles. The third-order valence-corrected chi connectivity index (χ3v) is 6.69. The summed E-state index contributed by atoms with van der Waals surface area (Å²) in [6.07, 6.45) is 9.94. The van der Waals surface area contributed by atoms with Gasteiger partial charge in [-0.05, 0) is 49.7 Å². The fourth-order valence-electron chi connectivity index (χ4n) is 5.21. The number of amides is 1. The molecule has 0 radical (unpaired) electrons. The fraction of sp³-hybridized carbons (Fsp3) is 0.667. The summed E-state index contributed by atoms with van der Waals surface area (Å²) in [6, 6.07) is 4.26. The molecular formula is C21H32N4O. The van der Waals surface area contributed by atoms with E-state index in [9.17, 15) is 4.79 Å². The van der Waals surface area contributed by atoms with Gasteiger partial charge < -0.3 is 21.3 Å². The van der Waals surface area contributed by atoms with Crippen LogP contribution in [-0.2, 0) is 0 Å². The number of rotatable bonds is 4. The monoisotopic (exact) mass is 356 g/mol. The minimum atomic E-state index is 0.0401. The van der Waals surface area contributed by atoms with E-state index in [0.717, 1.165) is 54.7 Å². The van der Waals surface area contributed by atoms with Gasteiger partial charge in [0.1, 0.15) is 0 Å². The second-order valence-corrected chi connectivity index (χ2v) is 8.37. The Kier molecular flexibility index (Phi) is 4.96. The topological polar surface area (TPSA) is 70.4 Å². The lowest BCUT2D eigenvalue weighted by molar-refractivity contribution is 0.0928. The third kappa shape index (κ3) is 3.36. The molecule has 2 unspecified atom stereocenters. The Balaban J connectivity index is 1.60. The first-order valence-corrected chi connectivity index (χ1v) is 10.3. The zero-order valence-corrected chi connectivity index (χ0v) is 15.9. The van der Waals surface area contributed by atoms with E-state index in [0.29, 0.717) is 11.7 Å². The van der Waals surface area contributed by atoms with Crippen LogP contribution in [0.15, 0.2) is 12.1 Å². The molecule has 2 atom stereocenters. The van der Waals surface area contributed by atoms with Gasteiger partial charge in [0, 0.05) is 26.2 Å². The maximum absolute atomic E-state index is 13.1. The number of carbonyl (C=O) groups excluding carboxylic acids is 1. The van der Waals surface area contributed by atoms with E-state index < -0.39 is 0 Å². The summed E-state index contributed by atoms with van der Waals surface area (Å²) in [4.78, 5) is 15.5. The van der Waals surface area contributed by atoms with Crippen molar-refractivity contribution in [1.29, 1.82) is 0 Å². The number of nitrogens with zero attached hydrogens (tertiary/aromatic N) is 1. The highest BCUT2D eigenvalue weighted by Gasteiger charge is 2.37. The number of nitrogen functional groups attached to an aromatic ring is 1. The van der Waals surface area contributed by atoms with Gasteiger partial charge in [-0.2, -0.15) is 0 Å². The van der Waals surface area contributed by atoms with Crippen LogP contribution in [0.2, 0.25) is 0 Å². The fourth-order valence-corrected chi connectivity index (χ4v) is 5.21. The molecule has 0 spiro atoms. The van der Waals surface area contributed by atoms with Crippen molar-refractivity contribution in [2.24, 2.45) is 11.8 Å². The minimum absolute atomic E-state index is 0.0401. The van der Waals surface area contributed by atoms with Gasteiger partial charge in [0.05, 0.1) is 22.6 Å². The van der Waals surface area contributed by atoms with Gasteiger partial charge in [-0.1, -0.05) is 25.7 Å². The molecule has 3 fully saturated rings. The van der Waals surface area contributed by atoms with Crippen LogP contribution in [-0.4, -0.2) is 32.1 Å². The molecule has 1 saturated heterocycles. The van der Waals surface area contributed by atoms with E-state index in [-0.39, 0.29) is 5.91 Å². The summed E-state index contributed by atoms with van der Waals surface area (Å²) in [5, 5.41) is 6.45. The molecule has 0 aromatic heterocycles. The van der Waals surface area contributed by atoms with Gasteiger partial charge >= 0.3 is 0 Å². The highest BCUT2D eigenvalue weighted by atomic mass is 16.1. The summed E-state index contributed by atoms with van der Waals surface area (Å²) < 4.78 is 0. The van der Waals surface area contributed by atoms with Crippen molar-refractivity contribution >= 4 is 23.0 Å². The highest BCUT2D eigenvalue weighted by molar-refractivity contribution is 6.02. The Hall–Kier alpha value is -1.91.